The highest BCUT2D eigenvalue weighted by atomic mass is 32.2. The van der Waals surface area contributed by atoms with Gasteiger partial charge in [0.1, 0.15) is 16.5 Å². The van der Waals surface area contributed by atoms with Crippen LogP contribution in [-0.2, 0) is 14.8 Å². The van der Waals surface area contributed by atoms with Crippen molar-refractivity contribution < 1.29 is 54.2 Å². The van der Waals surface area contributed by atoms with Gasteiger partial charge in [-0.3, -0.25) is 4.79 Å². The third-order valence-corrected chi connectivity index (χ3v) is 6.88. The van der Waals surface area contributed by atoms with Gasteiger partial charge >= 0.3 is 12.7 Å². The molecule has 1 heterocycles. The summed E-state index contributed by atoms with van der Waals surface area (Å²) in [6, 6.07) is 5.25. The number of carbonyl (C=O) groups excluding carboxylic acids is 2. The third-order valence-electron chi connectivity index (χ3n) is 5.52. The van der Waals surface area contributed by atoms with Crippen LogP contribution >= 0.6 is 0 Å². The maximum absolute atomic E-state index is 14.1. The molecule has 1 fully saturated rings. The first kappa shape index (κ1) is 28.7. The number of halogens is 4. The predicted octanol–water partition coefficient (Wildman–Crippen LogP) is 4.29. The number of oxazole rings is 1. The van der Waals surface area contributed by atoms with Gasteiger partial charge in [-0.25, -0.2) is 31.7 Å². The normalized spacial score (nSPS) is 14.1. The fourth-order valence-electron chi connectivity index (χ4n) is 3.48. The van der Waals surface area contributed by atoms with Crippen molar-refractivity contribution in [3.63, 3.8) is 0 Å². The number of alkyl halides is 2. The molecule has 0 bridgehead atoms. The monoisotopic (exact) mass is 587 g/mol. The van der Waals surface area contributed by atoms with Gasteiger partial charge in [0.25, 0.3) is 15.9 Å². The number of primary amides is 1. The van der Waals surface area contributed by atoms with E-state index in [1.54, 1.807) is 4.72 Å². The van der Waals surface area contributed by atoms with Crippen molar-refractivity contribution in [1.82, 2.24) is 9.71 Å². The number of rotatable bonds is 11. The Kier molecular flexibility index (Phi) is 8.18. The molecule has 1 atom stereocenters. The smallest absolute Gasteiger partial charge is 0.405 e. The minimum atomic E-state index is -4.87. The predicted molar refractivity (Wildman–Crippen MR) is 127 cm³/mol. The van der Waals surface area contributed by atoms with Gasteiger partial charge in [0.15, 0.2) is 29.1 Å². The standard InChI is InChI=1S/C24H21F4N3O8S/c1-11(37-24(29)33)20-19(21(32)31-40(34,35)18-7-5-14(25)9-15(18)26)30-22(39-20)13-4-6-16(38-23(27)28)17(8-13)36-10-12-2-3-12/h4-9,11-12,23H,2-3,10H2,1H3,(H2,29,33)(H,31,32)/t11-/m0/s1. The Morgan fingerprint density at radius 3 is 2.50 bits per heavy atom. The highest BCUT2D eigenvalue weighted by Gasteiger charge is 2.31. The van der Waals surface area contributed by atoms with E-state index in [4.69, 9.17) is 19.6 Å². The van der Waals surface area contributed by atoms with Gasteiger partial charge in [-0.15, -0.1) is 0 Å². The van der Waals surface area contributed by atoms with Crippen LogP contribution in [0.5, 0.6) is 11.5 Å². The number of aromatic nitrogens is 1. The number of benzene rings is 2. The molecule has 0 unspecified atom stereocenters. The van der Waals surface area contributed by atoms with E-state index in [1.807, 2.05) is 0 Å². The average Bonchev–Trinajstić information content (AvgIpc) is 3.57. The molecule has 11 nitrogen and oxygen atoms in total. The zero-order valence-corrected chi connectivity index (χ0v) is 21.3. The second-order valence-electron chi connectivity index (χ2n) is 8.61. The first-order chi connectivity index (χ1) is 18.8. The van der Waals surface area contributed by atoms with Gasteiger partial charge in [0.05, 0.1) is 6.61 Å². The first-order valence-corrected chi connectivity index (χ1v) is 13.0. The number of nitrogens with one attached hydrogen (secondary N) is 1. The van der Waals surface area contributed by atoms with Crippen molar-refractivity contribution in [3.05, 3.63) is 59.5 Å². The van der Waals surface area contributed by atoms with Crippen molar-refractivity contribution >= 4 is 22.0 Å². The number of nitrogens with two attached hydrogens (primary N) is 1. The van der Waals surface area contributed by atoms with Crippen LogP contribution in [0.4, 0.5) is 22.4 Å². The Morgan fingerprint density at radius 1 is 1.15 bits per heavy atom. The summed E-state index contributed by atoms with van der Waals surface area (Å²) in [5, 5.41) is 0. The molecular weight excluding hydrogens is 566 g/mol. The van der Waals surface area contributed by atoms with Crippen LogP contribution in [0.25, 0.3) is 11.5 Å². The quantitative estimate of drug-likeness (QED) is 0.312. The molecule has 0 saturated heterocycles. The zero-order chi connectivity index (χ0) is 29.2. The van der Waals surface area contributed by atoms with Gasteiger partial charge in [-0.1, -0.05) is 0 Å². The highest BCUT2D eigenvalue weighted by Crippen LogP contribution is 2.37. The minimum absolute atomic E-state index is 0.0775. The van der Waals surface area contributed by atoms with E-state index in [-0.39, 0.29) is 35.5 Å². The Labute approximate surface area is 224 Å². The van der Waals surface area contributed by atoms with Gasteiger partial charge < -0.3 is 24.4 Å². The van der Waals surface area contributed by atoms with Gasteiger partial charge in [-0.05, 0) is 56.0 Å². The highest BCUT2D eigenvalue weighted by molar-refractivity contribution is 7.90. The fourth-order valence-corrected chi connectivity index (χ4v) is 4.49. The first-order valence-electron chi connectivity index (χ1n) is 11.5. The van der Waals surface area contributed by atoms with E-state index in [0.717, 1.165) is 18.9 Å². The molecule has 3 aromatic rings. The number of carbonyl (C=O) groups is 2. The molecule has 2 amide bonds. The molecule has 3 N–H and O–H groups in total. The van der Waals surface area contributed by atoms with E-state index < -0.39 is 62.7 Å². The number of amides is 2. The number of sulfonamides is 1. The number of ether oxygens (including phenoxy) is 3. The summed E-state index contributed by atoms with van der Waals surface area (Å²) in [7, 11) is -4.87. The van der Waals surface area contributed by atoms with Crippen molar-refractivity contribution in [2.45, 2.75) is 37.4 Å². The van der Waals surface area contributed by atoms with Crippen LogP contribution in [0.3, 0.4) is 0 Å². The summed E-state index contributed by atoms with van der Waals surface area (Å²) in [4.78, 5) is 27.2. The largest absolute Gasteiger partial charge is 0.489 e. The average molecular weight is 588 g/mol. The van der Waals surface area contributed by atoms with Crippen LogP contribution in [0.2, 0.25) is 0 Å². The Hall–Kier alpha value is -4.34. The van der Waals surface area contributed by atoms with Gasteiger partial charge in [0.2, 0.25) is 5.89 Å². The summed E-state index contributed by atoms with van der Waals surface area (Å²) in [5.74, 6) is -4.80. The summed E-state index contributed by atoms with van der Waals surface area (Å²) >= 11 is 0. The maximum atomic E-state index is 14.1. The Balaban J connectivity index is 1.71. The third kappa shape index (κ3) is 6.80. The van der Waals surface area contributed by atoms with Crippen molar-refractivity contribution in [3.8, 4) is 23.0 Å². The number of nitrogens with zero attached hydrogens (tertiary/aromatic N) is 1. The van der Waals surface area contributed by atoms with Crippen LogP contribution < -0.4 is 19.9 Å². The van der Waals surface area contributed by atoms with Crippen LogP contribution in [-0.4, -0.2) is 38.6 Å². The SMILES string of the molecule is C[C@H](OC(N)=O)c1oc(-c2ccc(OC(F)F)c(OCC3CC3)c2)nc1C(=O)NS(=O)(=O)c1ccc(F)cc1F. The molecule has 1 aromatic heterocycles. The lowest BCUT2D eigenvalue weighted by Crippen LogP contribution is -2.32. The fraction of sp³-hybridized carbons (Fsp3) is 0.292. The van der Waals surface area contributed by atoms with Crippen molar-refractivity contribution in [1.29, 1.82) is 0 Å². The van der Waals surface area contributed by atoms with E-state index in [0.29, 0.717) is 18.2 Å². The molecule has 1 aliphatic carbocycles. The van der Waals surface area contributed by atoms with Gasteiger partial charge in [-0.2, -0.15) is 8.78 Å². The maximum Gasteiger partial charge on any atom is 0.405 e. The molecule has 2 aromatic carbocycles. The minimum Gasteiger partial charge on any atom is -0.489 e. The molecule has 214 valence electrons. The van der Waals surface area contributed by atoms with E-state index in [2.05, 4.69) is 9.72 Å². The lowest BCUT2D eigenvalue weighted by molar-refractivity contribution is -0.0515. The van der Waals surface area contributed by atoms with E-state index in [9.17, 15) is 35.6 Å². The lowest BCUT2D eigenvalue weighted by atomic mass is 10.2. The lowest BCUT2D eigenvalue weighted by Gasteiger charge is -2.13. The van der Waals surface area contributed by atoms with Crippen LogP contribution in [0.1, 0.15) is 42.1 Å². The number of hydrogen-bond acceptors (Lipinski definition) is 9. The second kappa shape index (κ2) is 11.4. The van der Waals surface area contributed by atoms with Crippen LogP contribution in [0, 0.1) is 17.6 Å². The van der Waals surface area contributed by atoms with Crippen molar-refractivity contribution in [2.75, 3.05) is 6.61 Å². The summed E-state index contributed by atoms with van der Waals surface area (Å²) in [5.41, 5.74) is 4.43. The topological polar surface area (TPSA) is 160 Å². The Morgan fingerprint density at radius 2 is 1.88 bits per heavy atom. The molecule has 4 rings (SSSR count). The molecule has 0 spiro atoms. The molecule has 0 radical (unpaired) electrons. The molecule has 1 aliphatic rings. The Bertz CT molecular complexity index is 1540. The molecule has 0 aliphatic heterocycles. The van der Waals surface area contributed by atoms with Crippen LogP contribution in [0.15, 0.2) is 45.7 Å². The van der Waals surface area contributed by atoms with Gasteiger partial charge in [0, 0.05) is 11.6 Å². The molecular formula is C24H21F4N3O8S. The summed E-state index contributed by atoms with van der Waals surface area (Å²) in [6.45, 7) is -1.67. The van der Waals surface area contributed by atoms with Crippen molar-refractivity contribution in [2.24, 2.45) is 11.7 Å². The van der Waals surface area contributed by atoms with E-state index >= 15 is 0 Å². The summed E-state index contributed by atoms with van der Waals surface area (Å²) < 4.78 is 100. The second-order valence-corrected chi connectivity index (χ2v) is 10.3. The zero-order valence-electron chi connectivity index (χ0n) is 20.5. The number of hydrogen-bond donors (Lipinski definition) is 2. The molecule has 40 heavy (non-hydrogen) atoms. The molecule has 1 saturated carbocycles. The molecule has 16 heteroatoms. The van der Waals surface area contributed by atoms with E-state index in [1.165, 1.54) is 19.1 Å². The summed E-state index contributed by atoms with van der Waals surface area (Å²) in [6.07, 6.45) is -0.803.